The Morgan fingerprint density at radius 2 is 1.11 bits per heavy atom. The first-order valence-electron chi connectivity index (χ1n) is 18.9. The summed E-state index contributed by atoms with van der Waals surface area (Å²) in [5, 5.41) is 0. The van der Waals surface area contributed by atoms with Gasteiger partial charge in [-0.15, -0.1) is 0 Å². The van der Waals surface area contributed by atoms with Crippen molar-refractivity contribution in [2.45, 2.75) is 168 Å². The van der Waals surface area contributed by atoms with Crippen LogP contribution in [0.15, 0.2) is 12.2 Å². The Labute approximate surface area is 288 Å². The molecule has 0 aliphatic carbocycles. The number of rotatable bonds is 34. The molecule has 0 spiro atoms. The number of phosphoric ester groups is 1. The minimum atomic E-state index is -4.36. The number of esters is 2. The summed E-state index contributed by atoms with van der Waals surface area (Å²) in [6, 6.07) is 0. The summed E-state index contributed by atoms with van der Waals surface area (Å²) in [7, 11) is 1.47. The van der Waals surface area contributed by atoms with Crippen LogP contribution in [0.2, 0.25) is 0 Å². The van der Waals surface area contributed by atoms with Crippen LogP contribution < -0.4 is 0 Å². The van der Waals surface area contributed by atoms with Crippen molar-refractivity contribution in [3.05, 3.63) is 12.2 Å². The molecule has 1 unspecified atom stereocenters. The average Bonchev–Trinajstić information content (AvgIpc) is 3.01. The molecule has 9 nitrogen and oxygen atoms in total. The summed E-state index contributed by atoms with van der Waals surface area (Å²) >= 11 is 0. The maximum Gasteiger partial charge on any atom is 0.472 e. The predicted octanol–water partition coefficient (Wildman–Crippen LogP) is 9.85. The van der Waals surface area contributed by atoms with Crippen LogP contribution in [0.25, 0.3) is 0 Å². The highest BCUT2D eigenvalue weighted by atomic mass is 31.2. The lowest BCUT2D eigenvalue weighted by Gasteiger charge is -2.24. The molecule has 0 heterocycles. The van der Waals surface area contributed by atoms with Gasteiger partial charge in [-0.1, -0.05) is 129 Å². The van der Waals surface area contributed by atoms with Crippen LogP contribution in [-0.4, -0.2) is 74.9 Å². The van der Waals surface area contributed by atoms with Gasteiger partial charge in [0.15, 0.2) is 6.10 Å². The van der Waals surface area contributed by atoms with Gasteiger partial charge in [0.2, 0.25) is 0 Å². The fourth-order valence-corrected chi connectivity index (χ4v) is 5.74. The number of likely N-dealkylation sites (N-methyl/N-ethyl adjacent to an activating group) is 1. The molecule has 2 atom stereocenters. The van der Waals surface area contributed by atoms with Crippen LogP contribution in [0.1, 0.15) is 162 Å². The monoisotopic (exact) mass is 691 g/mol. The molecule has 10 heteroatoms. The van der Waals surface area contributed by atoms with Gasteiger partial charge in [-0.2, -0.15) is 0 Å². The quantitative estimate of drug-likeness (QED) is 0.0234. The van der Waals surface area contributed by atoms with Crippen LogP contribution in [0.4, 0.5) is 0 Å². The molecule has 0 bridgehead atoms. The first-order chi connectivity index (χ1) is 22.5. The maximum absolute atomic E-state index is 12.6. The second-order valence-electron chi connectivity index (χ2n) is 14.0. The van der Waals surface area contributed by atoms with Crippen molar-refractivity contribution in [2.75, 3.05) is 47.5 Å². The van der Waals surface area contributed by atoms with Crippen molar-refractivity contribution >= 4 is 19.8 Å². The smallest absolute Gasteiger partial charge is 0.462 e. The van der Waals surface area contributed by atoms with Gasteiger partial charge < -0.3 is 18.9 Å². The molecule has 47 heavy (non-hydrogen) atoms. The van der Waals surface area contributed by atoms with Gasteiger partial charge >= 0.3 is 19.8 Å². The number of quaternary nitrogens is 1. The Morgan fingerprint density at radius 3 is 1.64 bits per heavy atom. The molecule has 0 aromatic carbocycles. The zero-order valence-electron chi connectivity index (χ0n) is 31.0. The lowest BCUT2D eigenvalue weighted by molar-refractivity contribution is -0.870. The van der Waals surface area contributed by atoms with Crippen LogP contribution in [-0.2, 0) is 32.7 Å². The van der Waals surface area contributed by atoms with Gasteiger partial charge in [0.1, 0.15) is 19.8 Å². The number of carbonyl (C=O) groups is 2. The molecule has 0 fully saturated rings. The van der Waals surface area contributed by atoms with Gasteiger partial charge in [0.05, 0.1) is 27.7 Å². The fraction of sp³-hybridized carbons (Fsp3) is 0.892. The van der Waals surface area contributed by atoms with E-state index in [0.29, 0.717) is 23.9 Å². The number of hydrogen-bond donors (Lipinski definition) is 1. The van der Waals surface area contributed by atoms with Crippen molar-refractivity contribution in [1.29, 1.82) is 0 Å². The summed E-state index contributed by atoms with van der Waals surface area (Å²) in [4.78, 5) is 35.1. The minimum absolute atomic E-state index is 0.0326. The Kier molecular flexibility index (Phi) is 30.0. The number of phosphoric acid groups is 1. The zero-order chi connectivity index (χ0) is 35.1. The fourth-order valence-electron chi connectivity index (χ4n) is 4.99. The zero-order valence-corrected chi connectivity index (χ0v) is 31.9. The second-order valence-corrected chi connectivity index (χ2v) is 15.4. The van der Waals surface area contributed by atoms with Crippen molar-refractivity contribution in [3.63, 3.8) is 0 Å². The Morgan fingerprint density at radius 1 is 0.638 bits per heavy atom. The number of allylic oxidation sites excluding steroid dienone is 2. The van der Waals surface area contributed by atoms with E-state index in [0.717, 1.165) is 57.8 Å². The van der Waals surface area contributed by atoms with Crippen LogP contribution in [0.3, 0.4) is 0 Å². The number of hydrogen-bond acceptors (Lipinski definition) is 7. The average molecular weight is 691 g/mol. The van der Waals surface area contributed by atoms with Gasteiger partial charge in [0.25, 0.3) is 0 Å². The molecule has 0 aromatic heterocycles. The van der Waals surface area contributed by atoms with E-state index in [1.54, 1.807) is 0 Å². The molecule has 0 saturated carbocycles. The molecule has 0 aliphatic rings. The molecule has 0 aromatic rings. The SMILES string of the molecule is CCCC/C=C\CCCCCCCC(=O)O[C@H](COC(=O)CCCCCCCCCCCCCC)COP(=O)(O)OCC[N+](C)(C)C. The summed E-state index contributed by atoms with van der Waals surface area (Å²) in [5.41, 5.74) is 0. The number of ether oxygens (including phenoxy) is 2. The highest BCUT2D eigenvalue weighted by Crippen LogP contribution is 2.43. The molecular weight excluding hydrogens is 617 g/mol. The van der Waals surface area contributed by atoms with Gasteiger partial charge in [-0.3, -0.25) is 18.6 Å². The van der Waals surface area contributed by atoms with Crippen LogP contribution >= 0.6 is 7.82 Å². The van der Waals surface area contributed by atoms with Crippen molar-refractivity contribution in [3.8, 4) is 0 Å². The standard InChI is InChI=1S/C37H72NO8P/c1-6-8-10-12-14-16-18-20-21-23-25-27-29-36(39)43-33-35(34-45-47(41,42)44-32-31-38(3,4)5)46-37(40)30-28-26-24-22-19-17-15-13-11-9-7-2/h13,15,35H,6-12,14,16-34H2,1-5H3/p+1/b15-13-/t35-/m1/s1. The van der Waals surface area contributed by atoms with Gasteiger partial charge in [0, 0.05) is 12.8 Å². The number of unbranched alkanes of at least 4 members (excludes halogenated alkanes) is 18. The van der Waals surface area contributed by atoms with Crippen LogP contribution in [0, 0.1) is 0 Å². The molecule has 0 saturated heterocycles. The highest BCUT2D eigenvalue weighted by Gasteiger charge is 2.27. The summed E-state index contributed by atoms with van der Waals surface area (Å²) < 4.78 is 34.1. The third kappa shape index (κ3) is 34.4. The molecule has 0 rings (SSSR count). The maximum atomic E-state index is 12.6. The lowest BCUT2D eigenvalue weighted by Crippen LogP contribution is -2.37. The summed E-state index contributed by atoms with van der Waals surface area (Å²) in [5.74, 6) is -0.807. The van der Waals surface area contributed by atoms with E-state index >= 15 is 0 Å². The van der Waals surface area contributed by atoms with E-state index in [1.165, 1.54) is 70.6 Å². The molecular formula is C37H73NO8P+. The van der Waals surface area contributed by atoms with E-state index in [2.05, 4.69) is 26.0 Å². The minimum Gasteiger partial charge on any atom is -0.462 e. The molecule has 0 aliphatic heterocycles. The third-order valence-corrected chi connectivity index (χ3v) is 9.03. The van der Waals surface area contributed by atoms with E-state index in [9.17, 15) is 19.0 Å². The lowest BCUT2D eigenvalue weighted by atomic mass is 10.0. The second kappa shape index (κ2) is 30.8. The van der Waals surface area contributed by atoms with Crippen molar-refractivity contribution in [1.82, 2.24) is 0 Å². The van der Waals surface area contributed by atoms with Crippen molar-refractivity contribution in [2.24, 2.45) is 0 Å². The first-order valence-corrected chi connectivity index (χ1v) is 20.4. The molecule has 0 radical (unpaired) electrons. The molecule has 0 amide bonds. The van der Waals surface area contributed by atoms with E-state index < -0.39 is 26.5 Å². The molecule has 278 valence electrons. The highest BCUT2D eigenvalue weighted by molar-refractivity contribution is 7.47. The van der Waals surface area contributed by atoms with E-state index in [-0.39, 0.29) is 25.6 Å². The van der Waals surface area contributed by atoms with E-state index in [4.69, 9.17) is 18.5 Å². The van der Waals surface area contributed by atoms with E-state index in [1.807, 2.05) is 21.1 Å². The van der Waals surface area contributed by atoms with Gasteiger partial charge in [-0.05, 0) is 32.1 Å². The third-order valence-electron chi connectivity index (χ3n) is 8.05. The Balaban J connectivity index is 4.45. The molecule has 1 N–H and O–H groups in total. The number of nitrogens with zero attached hydrogens (tertiary/aromatic N) is 1. The summed E-state index contributed by atoms with van der Waals surface area (Å²) in [6.45, 7) is 4.36. The largest absolute Gasteiger partial charge is 0.472 e. The first kappa shape index (κ1) is 45.8. The normalized spacial score (nSPS) is 13.9. The van der Waals surface area contributed by atoms with Gasteiger partial charge in [-0.25, -0.2) is 4.57 Å². The Hall–Kier alpha value is -1.25. The van der Waals surface area contributed by atoms with Crippen molar-refractivity contribution < 1.29 is 42.1 Å². The topological polar surface area (TPSA) is 108 Å². The number of carbonyl (C=O) groups excluding carboxylic acids is 2. The Bertz CT molecular complexity index is 830. The summed E-state index contributed by atoms with van der Waals surface area (Å²) in [6.07, 6.45) is 28.3. The predicted molar refractivity (Wildman–Crippen MR) is 192 cm³/mol. The van der Waals surface area contributed by atoms with Crippen LogP contribution in [0.5, 0.6) is 0 Å².